The fourth-order valence-electron chi connectivity index (χ4n) is 1.57. The Labute approximate surface area is 101 Å². The predicted molar refractivity (Wildman–Crippen MR) is 68.1 cm³/mol. The normalized spacial score (nSPS) is 10.5. The lowest BCUT2D eigenvalue weighted by molar-refractivity contribution is 0.0951. The van der Waals surface area contributed by atoms with Crippen LogP contribution in [0, 0.1) is 5.92 Å². The third kappa shape index (κ3) is 4.85. The van der Waals surface area contributed by atoms with Crippen molar-refractivity contribution in [3.63, 3.8) is 0 Å². The molecule has 0 aliphatic heterocycles. The van der Waals surface area contributed by atoms with Crippen LogP contribution in [0.3, 0.4) is 0 Å². The number of aromatic nitrogens is 1. The third-order valence-corrected chi connectivity index (χ3v) is 2.56. The smallest absolute Gasteiger partial charge is 0.256 e. The van der Waals surface area contributed by atoms with Crippen molar-refractivity contribution >= 4 is 5.91 Å². The molecule has 94 valence electrons. The van der Waals surface area contributed by atoms with Crippen LogP contribution < -0.4 is 10.7 Å². The van der Waals surface area contributed by atoms with Gasteiger partial charge in [-0.15, -0.1) is 0 Å². The van der Waals surface area contributed by atoms with Gasteiger partial charge in [0.2, 0.25) is 0 Å². The van der Waals surface area contributed by atoms with Gasteiger partial charge in [-0.2, -0.15) is 0 Å². The van der Waals surface area contributed by atoms with Crippen molar-refractivity contribution in [2.75, 3.05) is 6.54 Å². The van der Waals surface area contributed by atoms with Gasteiger partial charge in [-0.05, 0) is 12.3 Å². The van der Waals surface area contributed by atoms with E-state index in [9.17, 15) is 9.59 Å². The van der Waals surface area contributed by atoms with E-state index in [0.29, 0.717) is 12.5 Å². The molecular formula is C13H20N2O2. The number of nitrogens with one attached hydrogen (secondary N) is 2. The van der Waals surface area contributed by atoms with E-state index >= 15 is 0 Å². The Bertz CT molecular complexity index is 410. The molecule has 0 saturated carbocycles. The van der Waals surface area contributed by atoms with Crippen LogP contribution in [-0.2, 0) is 0 Å². The monoisotopic (exact) mass is 236 g/mol. The molecule has 1 aromatic heterocycles. The number of pyridine rings is 1. The molecule has 1 heterocycles. The predicted octanol–water partition coefficient (Wildman–Crippen LogP) is 1.93. The molecule has 0 spiro atoms. The highest BCUT2D eigenvalue weighted by Gasteiger charge is 2.07. The number of amides is 1. The molecule has 17 heavy (non-hydrogen) atoms. The van der Waals surface area contributed by atoms with E-state index in [2.05, 4.69) is 24.1 Å². The molecule has 1 aromatic rings. The van der Waals surface area contributed by atoms with Crippen LogP contribution in [0.25, 0.3) is 0 Å². The first-order chi connectivity index (χ1) is 8.11. The summed E-state index contributed by atoms with van der Waals surface area (Å²) in [6.45, 7) is 4.99. The van der Waals surface area contributed by atoms with Gasteiger partial charge >= 0.3 is 0 Å². The molecule has 4 nitrogen and oxygen atoms in total. The second-order valence-electron chi connectivity index (χ2n) is 4.57. The summed E-state index contributed by atoms with van der Waals surface area (Å²) in [5.74, 6) is 0.402. The molecule has 0 aliphatic rings. The molecule has 0 fully saturated rings. The van der Waals surface area contributed by atoms with Gasteiger partial charge in [0.25, 0.3) is 5.91 Å². The number of rotatable bonds is 6. The lowest BCUT2D eigenvalue weighted by atomic mass is 10.1. The second-order valence-corrected chi connectivity index (χ2v) is 4.57. The molecule has 0 saturated heterocycles. The van der Waals surface area contributed by atoms with E-state index in [-0.39, 0.29) is 16.9 Å². The number of hydrogen-bond donors (Lipinski definition) is 2. The Morgan fingerprint density at radius 1 is 1.41 bits per heavy atom. The first-order valence-electron chi connectivity index (χ1n) is 6.06. The van der Waals surface area contributed by atoms with Gasteiger partial charge in [0.05, 0.1) is 0 Å². The minimum absolute atomic E-state index is 0.177. The molecule has 0 aliphatic carbocycles. The minimum Gasteiger partial charge on any atom is -0.367 e. The van der Waals surface area contributed by atoms with Crippen molar-refractivity contribution in [1.82, 2.24) is 10.3 Å². The van der Waals surface area contributed by atoms with Crippen molar-refractivity contribution in [2.45, 2.75) is 33.1 Å². The maximum atomic E-state index is 11.6. The van der Waals surface area contributed by atoms with Crippen LogP contribution in [0.1, 0.15) is 43.5 Å². The zero-order chi connectivity index (χ0) is 12.7. The van der Waals surface area contributed by atoms with E-state index < -0.39 is 0 Å². The van der Waals surface area contributed by atoms with Crippen molar-refractivity contribution in [1.29, 1.82) is 0 Å². The van der Waals surface area contributed by atoms with Crippen molar-refractivity contribution < 1.29 is 4.79 Å². The zero-order valence-electron chi connectivity index (χ0n) is 10.5. The van der Waals surface area contributed by atoms with Crippen LogP contribution in [0.15, 0.2) is 23.3 Å². The Hall–Kier alpha value is -1.58. The van der Waals surface area contributed by atoms with Gasteiger partial charge in [-0.1, -0.05) is 26.7 Å². The fraction of sp³-hybridized carbons (Fsp3) is 0.538. The van der Waals surface area contributed by atoms with E-state index in [0.717, 1.165) is 12.8 Å². The molecule has 1 rings (SSSR count). The Morgan fingerprint density at radius 2 is 2.18 bits per heavy atom. The number of unbranched alkanes of at least 4 members (excludes halogenated alkanes) is 1. The van der Waals surface area contributed by atoms with Gasteiger partial charge in [0.1, 0.15) is 5.56 Å². The van der Waals surface area contributed by atoms with Gasteiger partial charge in [0.15, 0.2) is 5.43 Å². The molecule has 0 unspecified atom stereocenters. The molecule has 0 bridgehead atoms. The fourth-order valence-corrected chi connectivity index (χ4v) is 1.57. The number of carbonyl (C=O) groups is 1. The quantitative estimate of drug-likeness (QED) is 0.741. The number of H-pyrrole nitrogens is 1. The largest absolute Gasteiger partial charge is 0.367 e. The van der Waals surface area contributed by atoms with Crippen LogP contribution in [0.4, 0.5) is 0 Å². The molecular weight excluding hydrogens is 216 g/mol. The van der Waals surface area contributed by atoms with Gasteiger partial charge in [-0.3, -0.25) is 9.59 Å². The highest BCUT2D eigenvalue weighted by atomic mass is 16.2. The summed E-state index contributed by atoms with van der Waals surface area (Å²) in [5, 5.41) is 2.75. The van der Waals surface area contributed by atoms with Crippen molar-refractivity contribution in [2.24, 2.45) is 5.92 Å². The van der Waals surface area contributed by atoms with Crippen molar-refractivity contribution in [3.8, 4) is 0 Å². The van der Waals surface area contributed by atoms with E-state index in [4.69, 9.17) is 0 Å². The summed E-state index contributed by atoms with van der Waals surface area (Å²) in [7, 11) is 0. The van der Waals surface area contributed by atoms with E-state index in [1.54, 1.807) is 0 Å². The summed E-state index contributed by atoms with van der Waals surface area (Å²) in [5.41, 5.74) is -0.0696. The first-order valence-corrected chi connectivity index (χ1v) is 6.06. The highest BCUT2D eigenvalue weighted by molar-refractivity contribution is 5.93. The lowest BCUT2D eigenvalue weighted by Gasteiger charge is -2.06. The van der Waals surface area contributed by atoms with Crippen LogP contribution >= 0.6 is 0 Å². The van der Waals surface area contributed by atoms with Crippen LogP contribution in [0.5, 0.6) is 0 Å². The lowest BCUT2D eigenvalue weighted by Crippen LogP contribution is -2.29. The summed E-state index contributed by atoms with van der Waals surface area (Å²) < 4.78 is 0. The maximum absolute atomic E-state index is 11.6. The van der Waals surface area contributed by atoms with Crippen LogP contribution in [0.2, 0.25) is 0 Å². The molecule has 0 atom stereocenters. The topological polar surface area (TPSA) is 62.0 Å². The summed E-state index contributed by atoms with van der Waals surface area (Å²) in [6.07, 6.45) is 6.17. The van der Waals surface area contributed by atoms with E-state index in [1.165, 1.54) is 24.9 Å². The number of hydrogen-bond acceptors (Lipinski definition) is 2. The van der Waals surface area contributed by atoms with Gasteiger partial charge in [0, 0.05) is 25.0 Å². The average molecular weight is 236 g/mol. The molecule has 1 amide bonds. The standard InChI is InChI=1S/C13H20N2O2/c1-10(2)5-3-4-7-15-13(17)11-9-14-8-6-12(11)16/h6,8-10H,3-5,7H2,1-2H3,(H,14,16)(H,15,17). The molecule has 0 radical (unpaired) electrons. The Morgan fingerprint density at radius 3 is 2.82 bits per heavy atom. The average Bonchev–Trinajstić information content (AvgIpc) is 2.28. The summed E-state index contributed by atoms with van der Waals surface area (Å²) >= 11 is 0. The zero-order valence-corrected chi connectivity index (χ0v) is 10.5. The SMILES string of the molecule is CC(C)CCCCNC(=O)c1c[nH]ccc1=O. The highest BCUT2D eigenvalue weighted by Crippen LogP contribution is 2.05. The van der Waals surface area contributed by atoms with E-state index in [1.807, 2.05) is 0 Å². The number of carbonyl (C=O) groups excluding carboxylic acids is 1. The van der Waals surface area contributed by atoms with Crippen LogP contribution in [-0.4, -0.2) is 17.4 Å². The summed E-state index contributed by atoms with van der Waals surface area (Å²) in [6, 6.07) is 1.35. The molecule has 4 heteroatoms. The van der Waals surface area contributed by atoms with Gasteiger partial charge in [-0.25, -0.2) is 0 Å². The number of aromatic amines is 1. The minimum atomic E-state index is -0.295. The second kappa shape index (κ2) is 6.89. The van der Waals surface area contributed by atoms with Crippen molar-refractivity contribution in [3.05, 3.63) is 34.2 Å². The van der Waals surface area contributed by atoms with Gasteiger partial charge < -0.3 is 10.3 Å². The third-order valence-electron chi connectivity index (χ3n) is 2.56. The summed E-state index contributed by atoms with van der Waals surface area (Å²) in [4.78, 5) is 25.7. The Kier molecular flexibility index (Phi) is 5.46. The first kappa shape index (κ1) is 13.5. The Balaban J connectivity index is 2.31. The molecule has 0 aromatic carbocycles. The molecule has 2 N–H and O–H groups in total. The maximum Gasteiger partial charge on any atom is 0.256 e.